The standard InChI is InChI=1S/C17H20F2O3S2/c1-10(2)11-4-5-12-8-13(16(20)21-3)6-7-14(12)15(9-11)22-24-17(18,19)23/h6-11,23H,4-5H2,1-3H3. The summed E-state index contributed by atoms with van der Waals surface area (Å²) in [6, 6.07) is 5.07. The average molecular weight is 374 g/mol. The van der Waals surface area contributed by atoms with Crippen molar-refractivity contribution in [1.29, 1.82) is 0 Å². The van der Waals surface area contributed by atoms with Crippen LogP contribution in [0.5, 0.6) is 0 Å². The molecule has 0 amide bonds. The van der Waals surface area contributed by atoms with Crippen LogP contribution >= 0.6 is 24.7 Å². The number of aryl methyl sites for hydroxylation is 1. The van der Waals surface area contributed by atoms with Crippen molar-refractivity contribution in [3.05, 3.63) is 41.0 Å². The van der Waals surface area contributed by atoms with Crippen LogP contribution in [0.4, 0.5) is 8.78 Å². The molecule has 1 aromatic rings. The van der Waals surface area contributed by atoms with Crippen molar-refractivity contribution >= 4 is 36.4 Å². The van der Waals surface area contributed by atoms with Crippen LogP contribution in [0, 0.1) is 11.8 Å². The van der Waals surface area contributed by atoms with Gasteiger partial charge < -0.3 is 8.92 Å². The Hall–Kier alpha value is -1.21. The average Bonchev–Trinajstić information content (AvgIpc) is 2.70. The zero-order valence-corrected chi connectivity index (χ0v) is 15.4. The Bertz CT molecular complexity index is 639. The van der Waals surface area contributed by atoms with E-state index in [4.69, 9.17) is 8.92 Å². The highest BCUT2D eigenvalue weighted by Crippen LogP contribution is 2.40. The summed E-state index contributed by atoms with van der Waals surface area (Å²) in [6.07, 6.45) is 3.47. The fourth-order valence-electron chi connectivity index (χ4n) is 2.67. The van der Waals surface area contributed by atoms with Crippen LogP contribution in [-0.4, -0.2) is 17.7 Å². The Kier molecular flexibility index (Phi) is 6.20. The molecule has 0 radical (unpaired) electrons. The Morgan fingerprint density at radius 3 is 2.71 bits per heavy atom. The molecule has 0 heterocycles. The van der Waals surface area contributed by atoms with Gasteiger partial charge in [0.15, 0.2) is 0 Å². The lowest BCUT2D eigenvalue weighted by atomic mass is 9.91. The maximum atomic E-state index is 13.0. The number of ether oxygens (including phenoxy) is 1. The number of thiol groups is 1. The maximum absolute atomic E-state index is 13.0. The van der Waals surface area contributed by atoms with E-state index < -0.39 is 10.6 Å². The first-order chi connectivity index (χ1) is 11.2. The number of rotatable bonds is 5. The number of carbonyl (C=O) groups excluding carboxylic acids is 1. The van der Waals surface area contributed by atoms with Crippen LogP contribution in [0.25, 0.3) is 5.76 Å². The second-order valence-corrected chi connectivity index (χ2v) is 7.70. The number of alkyl halides is 2. The van der Waals surface area contributed by atoms with Gasteiger partial charge in [0.1, 0.15) is 17.8 Å². The number of hydrogen-bond acceptors (Lipinski definition) is 5. The molecule has 3 nitrogen and oxygen atoms in total. The van der Waals surface area contributed by atoms with E-state index >= 15 is 0 Å². The third-order valence-corrected chi connectivity index (χ3v) is 4.68. The van der Waals surface area contributed by atoms with Crippen LogP contribution in [0.2, 0.25) is 0 Å². The lowest BCUT2D eigenvalue weighted by Crippen LogP contribution is -2.06. The van der Waals surface area contributed by atoms with Crippen molar-refractivity contribution < 1.29 is 22.5 Å². The third kappa shape index (κ3) is 4.89. The van der Waals surface area contributed by atoms with E-state index in [1.54, 1.807) is 18.2 Å². The number of hydrogen-bond donors (Lipinski definition) is 1. The molecule has 1 atom stereocenters. The first-order valence-electron chi connectivity index (χ1n) is 7.60. The minimum absolute atomic E-state index is 0.0126. The quantitative estimate of drug-likeness (QED) is 0.333. The molecule has 0 aromatic heterocycles. The van der Waals surface area contributed by atoms with Crippen molar-refractivity contribution in [2.45, 2.75) is 31.3 Å². The van der Waals surface area contributed by atoms with Crippen molar-refractivity contribution in [3.8, 4) is 0 Å². The van der Waals surface area contributed by atoms with Gasteiger partial charge in [-0.05, 0) is 48.4 Å². The minimum Gasteiger partial charge on any atom is -0.465 e. The monoisotopic (exact) mass is 374 g/mol. The normalized spacial score (nSPS) is 17.8. The van der Waals surface area contributed by atoms with E-state index in [0.717, 1.165) is 24.0 Å². The summed E-state index contributed by atoms with van der Waals surface area (Å²) in [5.74, 6) is 0.504. The molecule has 1 aromatic carbocycles. The molecule has 1 aliphatic carbocycles. The smallest absolute Gasteiger partial charge is 0.373 e. The predicted octanol–water partition coefficient (Wildman–Crippen LogP) is 5.18. The van der Waals surface area contributed by atoms with Crippen molar-refractivity contribution in [2.75, 3.05) is 7.11 Å². The van der Waals surface area contributed by atoms with E-state index in [1.165, 1.54) is 7.11 Å². The summed E-state index contributed by atoms with van der Waals surface area (Å²) >= 11 is 3.20. The van der Waals surface area contributed by atoms with Crippen LogP contribution < -0.4 is 0 Å². The molecule has 1 aliphatic rings. The number of benzene rings is 1. The van der Waals surface area contributed by atoms with Gasteiger partial charge in [-0.3, -0.25) is 0 Å². The molecule has 24 heavy (non-hydrogen) atoms. The molecule has 0 bridgehead atoms. The van der Waals surface area contributed by atoms with E-state index in [-0.39, 0.29) is 18.0 Å². The van der Waals surface area contributed by atoms with Gasteiger partial charge in [0.25, 0.3) is 0 Å². The molecule has 0 fully saturated rings. The van der Waals surface area contributed by atoms with Gasteiger partial charge in [0.2, 0.25) is 0 Å². The molecule has 2 rings (SSSR count). The topological polar surface area (TPSA) is 35.5 Å². The summed E-state index contributed by atoms with van der Waals surface area (Å²) in [7, 11) is 1.32. The van der Waals surface area contributed by atoms with Crippen molar-refractivity contribution in [1.82, 2.24) is 0 Å². The minimum atomic E-state index is -3.29. The van der Waals surface area contributed by atoms with Gasteiger partial charge in [-0.15, -0.1) is 0 Å². The number of fused-ring (bicyclic) bond motifs is 1. The first kappa shape index (κ1) is 19.1. The molecule has 0 spiro atoms. The Labute approximate surface area is 150 Å². The first-order valence-corrected chi connectivity index (χ1v) is 8.79. The van der Waals surface area contributed by atoms with Gasteiger partial charge in [0.05, 0.1) is 12.7 Å². The highest BCUT2D eigenvalue weighted by molar-refractivity contribution is 8.08. The van der Waals surface area contributed by atoms with Gasteiger partial charge in [0, 0.05) is 5.56 Å². The lowest BCUT2D eigenvalue weighted by Gasteiger charge is -2.16. The Morgan fingerprint density at radius 1 is 1.42 bits per heavy atom. The summed E-state index contributed by atoms with van der Waals surface area (Å²) < 4.78 is 32.8. The SMILES string of the molecule is COC(=O)c1ccc2c(c1)CCC(C(C)C)C=C2OSC(F)(F)S. The molecule has 0 saturated heterocycles. The summed E-state index contributed by atoms with van der Waals surface area (Å²) in [5, 5.41) is 0. The van der Waals surface area contributed by atoms with E-state index in [1.807, 2.05) is 6.08 Å². The molecule has 0 N–H and O–H groups in total. The molecule has 132 valence electrons. The highest BCUT2D eigenvalue weighted by Gasteiger charge is 2.29. The van der Waals surface area contributed by atoms with Gasteiger partial charge in [-0.1, -0.05) is 32.5 Å². The summed E-state index contributed by atoms with van der Waals surface area (Å²) in [6.45, 7) is 4.16. The number of esters is 1. The van der Waals surface area contributed by atoms with E-state index in [0.29, 0.717) is 17.2 Å². The molecule has 0 saturated carbocycles. The van der Waals surface area contributed by atoms with Gasteiger partial charge in [-0.2, -0.15) is 8.78 Å². The Morgan fingerprint density at radius 2 is 2.12 bits per heavy atom. The van der Waals surface area contributed by atoms with E-state index in [2.05, 4.69) is 26.5 Å². The number of carbonyl (C=O) groups is 1. The Balaban J connectivity index is 2.38. The third-order valence-electron chi connectivity index (χ3n) is 3.99. The van der Waals surface area contributed by atoms with Crippen LogP contribution in [0.1, 0.15) is 41.8 Å². The predicted molar refractivity (Wildman–Crippen MR) is 95.0 cm³/mol. The maximum Gasteiger partial charge on any atom is 0.373 e. The highest BCUT2D eigenvalue weighted by atomic mass is 32.2. The molecule has 7 heteroatoms. The number of methoxy groups -OCH3 is 1. The van der Waals surface area contributed by atoms with E-state index in [9.17, 15) is 13.6 Å². The summed E-state index contributed by atoms with van der Waals surface area (Å²) in [5.41, 5.74) is 2.04. The van der Waals surface area contributed by atoms with Crippen molar-refractivity contribution in [3.63, 3.8) is 0 Å². The fourth-order valence-corrected chi connectivity index (χ4v) is 3.12. The van der Waals surface area contributed by atoms with Crippen molar-refractivity contribution in [2.24, 2.45) is 11.8 Å². The van der Waals surface area contributed by atoms with Gasteiger partial charge in [-0.25, -0.2) is 4.79 Å². The summed E-state index contributed by atoms with van der Waals surface area (Å²) in [4.78, 5) is 11.7. The van der Waals surface area contributed by atoms with Crippen LogP contribution in [-0.2, 0) is 15.3 Å². The molecular formula is C17H20F2O3S2. The van der Waals surface area contributed by atoms with Crippen LogP contribution in [0.3, 0.4) is 0 Å². The number of allylic oxidation sites excluding steroid dienone is 1. The second-order valence-electron chi connectivity index (χ2n) is 5.99. The van der Waals surface area contributed by atoms with Crippen LogP contribution in [0.15, 0.2) is 24.3 Å². The zero-order valence-electron chi connectivity index (χ0n) is 13.7. The molecular weight excluding hydrogens is 354 g/mol. The second kappa shape index (κ2) is 7.78. The largest absolute Gasteiger partial charge is 0.465 e. The molecule has 0 aliphatic heterocycles. The molecule has 1 unspecified atom stereocenters. The lowest BCUT2D eigenvalue weighted by molar-refractivity contribution is 0.0600. The number of halogens is 2. The zero-order chi connectivity index (χ0) is 17.9. The fraction of sp³-hybridized carbons (Fsp3) is 0.471. The van der Waals surface area contributed by atoms with Gasteiger partial charge >= 0.3 is 10.6 Å².